The number of para-hydroxylation sites is 2. The van der Waals surface area contributed by atoms with Crippen molar-refractivity contribution in [3.8, 4) is 67.0 Å². The largest absolute Gasteiger partial charge is 0.309 e. The van der Waals surface area contributed by atoms with Gasteiger partial charge in [0, 0.05) is 32.9 Å². The molecule has 0 spiro atoms. The molecule has 0 saturated carbocycles. The van der Waals surface area contributed by atoms with Gasteiger partial charge in [0.1, 0.15) is 0 Å². The van der Waals surface area contributed by atoms with Crippen LogP contribution in [0.1, 0.15) is 0 Å². The summed E-state index contributed by atoms with van der Waals surface area (Å²) in [6.45, 7) is 0. The molecule has 266 valence electrons. The molecule has 0 fully saturated rings. The molecule has 2 aliphatic carbocycles. The maximum atomic E-state index is 2.47. The van der Waals surface area contributed by atoms with Crippen LogP contribution in [0.15, 0.2) is 194 Å². The Balaban J connectivity index is 1.07. The highest BCUT2D eigenvalue weighted by Gasteiger charge is 2.27. The molecule has 0 radical (unpaired) electrons. The molecule has 0 bridgehead atoms. The number of aromatic nitrogens is 2. The Morgan fingerprint density at radius 2 is 0.603 bits per heavy atom. The summed E-state index contributed by atoms with van der Waals surface area (Å²) in [7, 11) is 0. The molecule has 0 unspecified atom stereocenters. The van der Waals surface area contributed by atoms with Gasteiger partial charge in [-0.15, -0.1) is 0 Å². The van der Waals surface area contributed by atoms with E-state index in [1.807, 2.05) is 0 Å². The Bertz CT molecular complexity index is 3520. The first-order chi connectivity index (χ1) is 28.8. The summed E-state index contributed by atoms with van der Waals surface area (Å²) in [5.74, 6) is 0. The fraction of sp³-hybridized carbons (Fsp3) is 0. The van der Waals surface area contributed by atoms with Crippen LogP contribution in [0.5, 0.6) is 0 Å². The number of benzene rings is 10. The molecular weight excluding hydrogens is 701 g/mol. The lowest BCUT2D eigenvalue weighted by Gasteiger charge is -2.10. The molecule has 12 aromatic rings. The molecule has 2 heterocycles. The standard InChI is InChI=1S/C56H32N2/c1-3-13-35(14-4-1)57-49-27-25-33(29-47(49)55-43-23-11-21-41-37-17-7-9-19-39(37)45(53(41)43)31-51(55)57)34-26-28-50-48(30-34)56-44-24-12-22-42-38-18-8-10-20-40(38)46(54(42)44)32-52(56)58(50)36-15-5-2-6-16-36/h1-32H. The van der Waals surface area contributed by atoms with Crippen molar-refractivity contribution in [1.82, 2.24) is 9.13 Å². The zero-order valence-electron chi connectivity index (χ0n) is 31.4. The average Bonchev–Trinajstić information content (AvgIpc) is 4.01. The van der Waals surface area contributed by atoms with Gasteiger partial charge in [-0.25, -0.2) is 0 Å². The van der Waals surface area contributed by atoms with Crippen LogP contribution >= 0.6 is 0 Å². The van der Waals surface area contributed by atoms with Gasteiger partial charge in [-0.2, -0.15) is 0 Å². The van der Waals surface area contributed by atoms with Crippen molar-refractivity contribution in [2.45, 2.75) is 0 Å². The summed E-state index contributed by atoms with van der Waals surface area (Å²) in [4.78, 5) is 0. The quantitative estimate of drug-likeness (QED) is 0.171. The van der Waals surface area contributed by atoms with E-state index in [0.29, 0.717) is 0 Å². The molecule has 0 aliphatic heterocycles. The first kappa shape index (κ1) is 30.5. The van der Waals surface area contributed by atoms with Crippen molar-refractivity contribution < 1.29 is 0 Å². The molecule has 0 N–H and O–H groups in total. The number of rotatable bonds is 3. The lowest BCUT2D eigenvalue weighted by Crippen LogP contribution is -1.94. The van der Waals surface area contributed by atoms with E-state index in [-0.39, 0.29) is 0 Å². The Hall–Kier alpha value is -7.68. The van der Waals surface area contributed by atoms with Crippen LogP contribution in [0.25, 0.3) is 132 Å². The Morgan fingerprint density at radius 3 is 1.03 bits per heavy atom. The summed E-state index contributed by atoms with van der Waals surface area (Å²) >= 11 is 0. The van der Waals surface area contributed by atoms with Crippen LogP contribution in [0.4, 0.5) is 0 Å². The van der Waals surface area contributed by atoms with Crippen molar-refractivity contribution in [2.24, 2.45) is 0 Å². The number of nitrogens with zero attached hydrogens (tertiary/aromatic N) is 2. The Morgan fingerprint density at radius 1 is 0.224 bits per heavy atom. The van der Waals surface area contributed by atoms with Gasteiger partial charge in [0.05, 0.1) is 22.1 Å². The van der Waals surface area contributed by atoms with Crippen molar-refractivity contribution in [3.05, 3.63) is 194 Å². The molecule has 2 aromatic heterocycles. The maximum absolute atomic E-state index is 2.47. The van der Waals surface area contributed by atoms with Crippen LogP contribution in [-0.2, 0) is 0 Å². The van der Waals surface area contributed by atoms with E-state index >= 15 is 0 Å². The van der Waals surface area contributed by atoms with E-state index < -0.39 is 0 Å². The molecule has 0 atom stereocenters. The minimum Gasteiger partial charge on any atom is -0.309 e. The normalized spacial score (nSPS) is 12.5. The van der Waals surface area contributed by atoms with Gasteiger partial charge < -0.3 is 9.13 Å². The fourth-order valence-corrected chi connectivity index (χ4v) is 10.8. The number of hydrogen-bond acceptors (Lipinski definition) is 0. The average molecular weight is 733 g/mol. The van der Waals surface area contributed by atoms with E-state index in [2.05, 4.69) is 203 Å². The Kier molecular flexibility index (Phi) is 5.79. The highest BCUT2D eigenvalue weighted by atomic mass is 15.0. The van der Waals surface area contributed by atoms with Gasteiger partial charge in [-0.1, -0.05) is 133 Å². The monoisotopic (exact) mass is 732 g/mol. The lowest BCUT2D eigenvalue weighted by molar-refractivity contribution is 1.18. The summed E-state index contributed by atoms with van der Waals surface area (Å²) in [5, 5.41) is 10.5. The predicted molar refractivity (Wildman–Crippen MR) is 244 cm³/mol. The van der Waals surface area contributed by atoms with E-state index in [4.69, 9.17) is 0 Å². The van der Waals surface area contributed by atoms with Crippen LogP contribution in [0, 0.1) is 0 Å². The molecule has 0 saturated heterocycles. The minimum absolute atomic E-state index is 1.17. The second-order valence-corrected chi connectivity index (χ2v) is 16.0. The van der Waals surface area contributed by atoms with Crippen molar-refractivity contribution in [3.63, 3.8) is 0 Å². The maximum Gasteiger partial charge on any atom is 0.0553 e. The van der Waals surface area contributed by atoms with Gasteiger partial charge >= 0.3 is 0 Å². The smallest absolute Gasteiger partial charge is 0.0553 e. The van der Waals surface area contributed by atoms with Crippen LogP contribution in [0.2, 0.25) is 0 Å². The van der Waals surface area contributed by atoms with E-state index in [9.17, 15) is 0 Å². The second kappa shape index (κ2) is 11.0. The fourth-order valence-electron chi connectivity index (χ4n) is 10.8. The number of hydrogen-bond donors (Lipinski definition) is 0. The first-order valence-corrected chi connectivity index (χ1v) is 20.2. The van der Waals surface area contributed by atoms with Gasteiger partial charge in [-0.05, 0) is 138 Å². The van der Waals surface area contributed by atoms with Crippen LogP contribution in [-0.4, -0.2) is 9.13 Å². The lowest BCUT2D eigenvalue weighted by atomic mass is 9.95. The van der Waals surface area contributed by atoms with Crippen molar-refractivity contribution >= 4 is 65.2 Å². The summed E-state index contributed by atoms with van der Waals surface area (Å²) in [5.41, 5.74) is 20.2. The molecule has 2 heteroatoms. The van der Waals surface area contributed by atoms with Gasteiger partial charge in [0.15, 0.2) is 0 Å². The van der Waals surface area contributed by atoms with E-state index in [1.165, 1.54) is 132 Å². The van der Waals surface area contributed by atoms with Crippen LogP contribution in [0.3, 0.4) is 0 Å². The summed E-state index contributed by atoms with van der Waals surface area (Å²) < 4.78 is 4.94. The minimum atomic E-state index is 1.17. The second-order valence-electron chi connectivity index (χ2n) is 16.0. The van der Waals surface area contributed by atoms with Crippen molar-refractivity contribution in [2.75, 3.05) is 0 Å². The van der Waals surface area contributed by atoms with E-state index in [0.717, 1.165) is 0 Å². The summed E-state index contributed by atoms with van der Waals surface area (Å²) in [6, 6.07) is 72.3. The van der Waals surface area contributed by atoms with Gasteiger partial charge in [-0.3, -0.25) is 0 Å². The topological polar surface area (TPSA) is 9.86 Å². The molecule has 58 heavy (non-hydrogen) atoms. The molecule has 14 rings (SSSR count). The first-order valence-electron chi connectivity index (χ1n) is 20.2. The van der Waals surface area contributed by atoms with Crippen molar-refractivity contribution in [1.29, 1.82) is 0 Å². The van der Waals surface area contributed by atoms with E-state index in [1.54, 1.807) is 0 Å². The third-order valence-electron chi connectivity index (χ3n) is 13.2. The van der Waals surface area contributed by atoms with Crippen LogP contribution < -0.4 is 0 Å². The summed E-state index contributed by atoms with van der Waals surface area (Å²) in [6.07, 6.45) is 0. The SMILES string of the molecule is c1ccc(-n2c3ccc(-c4ccc5c(c4)c4c6cccc7c6c(cc4n5-c4ccccc4)-c4ccccc4-7)cc3c3c4cccc5c4c(cc32)-c2ccccc2-5)cc1. The Labute approximate surface area is 334 Å². The molecule has 2 aliphatic rings. The van der Waals surface area contributed by atoms with Gasteiger partial charge in [0.25, 0.3) is 0 Å². The molecule has 0 amide bonds. The highest BCUT2D eigenvalue weighted by molar-refractivity contribution is 6.31. The predicted octanol–water partition coefficient (Wildman–Crippen LogP) is 15.1. The zero-order chi connectivity index (χ0) is 37.6. The molecule has 2 nitrogen and oxygen atoms in total. The zero-order valence-corrected chi connectivity index (χ0v) is 31.4. The third kappa shape index (κ3) is 3.82. The highest BCUT2D eigenvalue weighted by Crippen LogP contribution is 2.53. The third-order valence-corrected chi connectivity index (χ3v) is 13.2. The molecule has 10 aromatic carbocycles. The molecular formula is C56H32N2. The number of fused-ring (bicyclic) bond motifs is 14. The van der Waals surface area contributed by atoms with Gasteiger partial charge in [0.2, 0.25) is 0 Å².